The van der Waals surface area contributed by atoms with Crippen LogP contribution in [0.25, 0.3) is 122 Å². The summed E-state index contributed by atoms with van der Waals surface area (Å²) in [5, 5.41) is 9.47. The van der Waals surface area contributed by atoms with Gasteiger partial charge in [-0.15, -0.1) is 0 Å². The molecule has 0 fully saturated rings. The first kappa shape index (κ1) is 36.4. The van der Waals surface area contributed by atoms with Gasteiger partial charge in [-0.05, 0) is 113 Å². The summed E-state index contributed by atoms with van der Waals surface area (Å²) in [7, 11) is 0. The molecule has 0 amide bonds. The van der Waals surface area contributed by atoms with Crippen LogP contribution in [-0.4, -0.2) is 15.0 Å². The SMILES string of the molecule is CC1(C)c2ccccc2-c2ccc(-c3ccc4c5ccc(-c6ccc7oc8cccc(-c9nc(-c%10ccccc%10)nc(-c%10ccccc%10)n9)c8c7c6)cc5c5ccccc5c4c3)cc21. The first-order chi connectivity index (χ1) is 31.5. The highest BCUT2D eigenvalue weighted by Gasteiger charge is 2.35. The van der Waals surface area contributed by atoms with Crippen molar-refractivity contribution in [1.29, 1.82) is 0 Å². The average Bonchev–Trinajstić information content (AvgIpc) is 3.85. The van der Waals surface area contributed by atoms with Crippen molar-refractivity contribution in [3.63, 3.8) is 0 Å². The Morgan fingerprint density at radius 3 is 1.45 bits per heavy atom. The maximum atomic E-state index is 6.53. The second-order valence-corrected chi connectivity index (χ2v) is 17.5. The molecule has 0 saturated heterocycles. The van der Waals surface area contributed by atoms with E-state index in [1.807, 2.05) is 72.8 Å². The summed E-state index contributed by atoms with van der Waals surface area (Å²) in [6.45, 7) is 4.70. The van der Waals surface area contributed by atoms with Gasteiger partial charge < -0.3 is 4.42 Å². The highest BCUT2D eigenvalue weighted by molar-refractivity contribution is 6.26. The van der Waals surface area contributed by atoms with Gasteiger partial charge in [0, 0.05) is 32.9 Å². The smallest absolute Gasteiger partial charge is 0.164 e. The van der Waals surface area contributed by atoms with Gasteiger partial charge in [0.1, 0.15) is 11.2 Å². The molecule has 2 heterocycles. The van der Waals surface area contributed by atoms with Crippen LogP contribution in [0.5, 0.6) is 0 Å². The lowest BCUT2D eigenvalue weighted by molar-refractivity contribution is 0.660. The maximum Gasteiger partial charge on any atom is 0.164 e. The van der Waals surface area contributed by atoms with E-state index >= 15 is 0 Å². The van der Waals surface area contributed by atoms with E-state index < -0.39 is 0 Å². The van der Waals surface area contributed by atoms with E-state index in [2.05, 4.69) is 141 Å². The molecule has 0 bridgehead atoms. The lowest BCUT2D eigenvalue weighted by Gasteiger charge is -2.22. The van der Waals surface area contributed by atoms with E-state index in [1.54, 1.807) is 0 Å². The third-order valence-electron chi connectivity index (χ3n) is 13.5. The fourth-order valence-corrected chi connectivity index (χ4v) is 10.3. The number of nitrogens with zero attached hydrogens (tertiary/aromatic N) is 3. The molecule has 0 saturated carbocycles. The summed E-state index contributed by atoms with van der Waals surface area (Å²) in [5.74, 6) is 1.85. The Hall–Kier alpha value is -8.21. The van der Waals surface area contributed by atoms with E-state index in [0.29, 0.717) is 17.5 Å². The summed E-state index contributed by atoms with van der Waals surface area (Å²) in [4.78, 5) is 15.1. The predicted octanol–water partition coefficient (Wildman–Crippen LogP) is 15.9. The van der Waals surface area contributed by atoms with Gasteiger partial charge in [0.2, 0.25) is 0 Å². The van der Waals surface area contributed by atoms with Crippen LogP contribution in [0, 0.1) is 0 Å². The van der Waals surface area contributed by atoms with Crippen molar-refractivity contribution in [2.24, 2.45) is 0 Å². The number of hydrogen-bond donors (Lipinski definition) is 0. The number of fused-ring (bicyclic) bond motifs is 12. The lowest BCUT2D eigenvalue weighted by Crippen LogP contribution is -2.14. The molecule has 1 aliphatic rings. The van der Waals surface area contributed by atoms with Gasteiger partial charge >= 0.3 is 0 Å². The Morgan fingerprint density at radius 2 is 0.797 bits per heavy atom. The van der Waals surface area contributed by atoms with E-state index in [9.17, 15) is 0 Å². The molecule has 12 aromatic rings. The molecule has 4 nitrogen and oxygen atoms in total. The topological polar surface area (TPSA) is 51.8 Å². The summed E-state index contributed by atoms with van der Waals surface area (Å²) >= 11 is 0. The molecule has 0 unspecified atom stereocenters. The van der Waals surface area contributed by atoms with E-state index in [1.165, 1.54) is 65.7 Å². The number of benzene rings is 10. The van der Waals surface area contributed by atoms with Crippen molar-refractivity contribution < 1.29 is 4.42 Å². The predicted molar refractivity (Wildman–Crippen MR) is 264 cm³/mol. The van der Waals surface area contributed by atoms with Crippen LogP contribution in [0.15, 0.2) is 205 Å². The zero-order chi connectivity index (χ0) is 42.5. The van der Waals surface area contributed by atoms with Crippen molar-refractivity contribution in [1.82, 2.24) is 15.0 Å². The number of furan rings is 1. The Kier molecular flexibility index (Phi) is 7.92. The van der Waals surface area contributed by atoms with Crippen molar-refractivity contribution in [2.45, 2.75) is 19.3 Å². The van der Waals surface area contributed by atoms with Gasteiger partial charge in [-0.3, -0.25) is 0 Å². The molecule has 0 aliphatic heterocycles. The molecule has 0 spiro atoms. The molecule has 1 aliphatic carbocycles. The zero-order valence-electron chi connectivity index (χ0n) is 35.3. The first-order valence-electron chi connectivity index (χ1n) is 21.9. The van der Waals surface area contributed by atoms with Gasteiger partial charge in [0.05, 0.1) is 0 Å². The molecule has 0 atom stereocenters. The third-order valence-corrected chi connectivity index (χ3v) is 13.5. The van der Waals surface area contributed by atoms with Crippen LogP contribution in [0.3, 0.4) is 0 Å². The Balaban J connectivity index is 0.938. The second kappa shape index (κ2) is 13.9. The Labute approximate surface area is 370 Å². The molecule has 300 valence electrons. The quantitative estimate of drug-likeness (QED) is 0.162. The molecule has 0 N–H and O–H groups in total. The minimum atomic E-state index is -0.0515. The lowest BCUT2D eigenvalue weighted by atomic mass is 9.81. The average molecular weight is 818 g/mol. The number of hydrogen-bond acceptors (Lipinski definition) is 4. The van der Waals surface area contributed by atoms with E-state index in [4.69, 9.17) is 19.4 Å². The summed E-state index contributed by atoms with van der Waals surface area (Å²) in [6.07, 6.45) is 0. The van der Waals surface area contributed by atoms with Crippen LogP contribution in [0.4, 0.5) is 0 Å². The molecule has 2 aromatic heterocycles. The number of rotatable bonds is 5. The minimum Gasteiger partial charge on any atom is -0.456 e. The summed E-state index contributed by atoms with van der Waals surface area (Å²) < 4.78 is 6.53. The van der Waals surface area contributed by atoms with Crippen LogP contribution < -0.4 is 0 Å². The summed E-state index contributed by atoms with van der Waals surface area (Å²) in [6, 6.07) is 71.6. The Bertz CT molecular complexity index is 3790. The largest absolute Gasteiger partial charge is 0.456 e. The Morgan fingerprint density at radius 1 is 0.312 bits per heavy atom. The van der Waals surface area contributed by atoms with E-state index in [0.717, 1.165) is 49.8 Å². The van der Waals surface area contributed by atoms with Gasteiger partial charge in [0.15, 0.2) is 17.5 Å². The van der Waals surface area contributed by atoms with Gasteiger partial charge in [0.25, 0.3) is 0 Å². The van der Waals surface area contributed by atoms with Gasteiger partial charge in [-0.2, -0.15) is 0 Å². The molecular formula is C60H39N3O. The molecular weight excluding hydrogens is 779 g/mol. The number of aromatic nitrogens is 3. The molecule has 13 rings (SSSR count). The van der Waals surface area contributed by atoms with Gasteiger partial charge in [-0.1, -0.05) is 178 Å². The van der Waals surface area contributed by atoms with Crippen molar-refractivity contribution in [3.8, 4) is 67.5 Å². The van der Waals surface area contributed by atoms with Crippen molar-refractivity contribution in [3.05, 3.63) is 211 Å². The monoisotopic (exact) mass is 817 g/mol. The highest BCUT2D eigenvalue weighted by atomic mass is 16.3. The molecule has 64 heavy (non-hydrogen) atoms. The van der Waals surface area contributed by atoms with E-state index in [-0.39, 0.29) is 5.41 Å². The van der Waals surface area contributed by atoms with Crippen molar-refractivity contribution >= 4 is 54.3 Å². The van der Waals surface area contributed by atoms with Crippen LogP contribution in [0.1, 0.15) is 25.0 Å². The van der Waals surface area contributed by atoms with Crippen LogP contribution >= 0.6 is 0 Å². The highest BCUT2D eigenvalue weighted by Crippen LogP contribution is 2.50. The van der Waals surface area contributed by atoms with Crippen LogP contribution in [-0.2, 0) is 5.41 Å². The zero-order valence-corrected chi connectivity index (χ0v) is 35.3. The fraction of sp³-hybridized carbons (Fsp3) is 0.0500. The second-order valence-electron chi connectivity index (χ2n) is 17.5. The summed E-state index contributed by atoms with van der Waals surface area (Å²) in [5.41, 5.74) is 14.5. The molecule has 4 heteroatoms. The minimum absolute atomic E-state index is 0.0515. The fourth-order valence-electron chi connectivity index (χ4n) is 10.3. The molecule has 0 radical (unpaired) electrons. The standard InChI is InChI=1S/C60H39N3O/c1-60(2)52-22-12-11-20-46(52)47-30-26-41(35-53(47)60)39-25-29-45-44-28-24-38(32-49(44)42-18-9-10-19-43(42)50(45)33-39)40-27-31-54-51(34-40)56-48(21-13-23-55(56)64-54)59-62-57(36-14-5-3-6-15-36)61-58(63-59)37-16-7-4-8-17-37/h3-35H,1-2H3. The van der Waals surface area contributed by atoms with Gasteiger partial charge in [-0.25, -0.2) is 15.0 Å². The molecule has 10 aromatic carbocycles. The van der Waals surface area contributed by atoms with Crippen LogP contribution in [0.2, 0.25) is 0 Å². The van der Waals surface area contributed by atoms with Crippen molar-refractivity contribution in [2.75, 3.05) is 0 Å². The third kappa shape index (κ3) is 5.59. The maximum absolute atomic E-state index is 6.53. The first-order valence-corrected chi connectivity index (χ1v) is 21.9. The normalized spacial score (nSPS) is 13.0.